The van der Waals surface area contributed by atoms with Gasteiger partial charge in [-0.3, -0.25) is 0 Å². The highest BCUT2D eigenvalue weighted by molar-refractivity contribution is 9.10. The number of nitrogen functional groups attached to an aromatic ring is 1. The molecular formula is C14H13BrFNO. The Morgan fingerprint density at radius 1 is 1.06 bits per heavy atom. The first-order chi connectivity index (χ1) is 8.66. The maximum Gasteiger partial charge on any atom is 0.125 e. The van der Waals surface area contributed by atoms with Gasteiger partial charge in [-0.25, -0.2) is 4.39 Å². The normalized spacial score (nSPS) is 10.6. The van der Waals surface area contributed by atoms with Crippen molar-refractivity contribution in [3.8, 4) is 0 Å². The maximum absolute atomic E-state index is 12.9. The maximum atomic E-state index is 12.9. The van der Waals surface area contributed by atoms with Crippen LogP contribution in [0.25, 0.3) is 0 Å². The van der Waals surface area contributed by atoms with Crippen LogP contribution in [0, 0.1) is 5.82 Å². The minimum atomic E-state index is -0.331. The lowest BCUT2D eigenvalue weighted by Gasteiger charge is -2.08. The molecule has 0 aliphatic rings. The second-order valence-corrected chi connectivity index (χ2v) is 4.78. The number of benzene rings is 2. The fourth-order valence-corrected chi connectivity index (χ4v) is 1.98. The van der Waals surface area contributed by atoms with E-state index in [1.165, 1.54) is 12.1 Å². The van der Waals surface area contributed by atoms with E-state index < -0.39 is 0 Å². The van der Waals surface area contributed by atoms with E-state index in [0.717, 1.165) is 15.6 Å². The number of ether oxygens (including phenoxy) is 1. The first kappa shape index (κ1) is 13.1. The molecule has 0 atom stereocenters. The summed E-state index contributed by atoms with van der Waals surface area (Å²) in [6.45, 7) is 0.853. The van der Waals surface area contributed by atoms with Crippen LogP contribution in [0.3, 0.4) is 0 Å². The molecule has 0 aromatic heterocycles. The highest BCUT2D eigenvalue weighted by Gasteiger charge is 2.03. The van der Waals surface area contributed by atoms with Gasteiger partial charge in [-0.05, 0) is 23.8 Å². The van der Waals surface area contributed by atoms with Crippen molar-refractivity contribution in [2.75, 3.05) is 5.73 Å². The van der Waals surface area contributed by atoms with E-state index in [1.54, 1.807) is 6.07 Å². The van der Waals surface area contributed by atoms with Gasteiger partial charge in [0.1, 0.15) is 5.82 Å². The molecule has 2 nitrogen and oxygen atoms in total. The lowest BCUT2D eigenvalue weighted by atomic mass is 10.2. The molecule has 18 heavy (non-hydrogen) atoms. The second-order valence-electron chi connectivity index (χ2n) is 3.93. The summed E-state index contributed by atoms with van der Waals surface area (Å²) in [4.78, 5) is 0. The topological polar surface area (TPSA) is 35.2 Å². The number of hydrogen-bond donors (Lipinski definition) is 1. The molecule has 0 amide bonds. The highest BCUT2D eigenvalue weighted by Crippen LogP contribution is 2.19. The molecule has 0 aliphatic heterocycles. The molecule has 4 heteroatoms. The Bertz CT molecular complexity index is 545. The van der Waals surface area contributed by atoms with Crippen LogP contribution in [0.15, 0.2) is 46.9 Å². The summed E-state index contributed by atoms with van der Waals surface area (Å²) in [5, 5.41) is 0. The molecule has 2 rings (SSSR count). The number of nitrogens with two attached hydrogens (primary N) is 1. The van der Waals surface area contributed by atoms with Gasteiger partial charge < -0.3 is 10.5 Å². The highest BCUT2D eigenvalue weighted by atomic mass is 79.9. The molecule has 0 aliphatic carbocycles. The number of hydrogen-bond acceptors (Lipinski definition) is 2. The summed E-state index contributed by atoms with van der Waals surface area (Å²) in [6.07, 6.45) is 0. The molecule has 94 valence electrons. The van der Waals surface area contributed by atoms with E-state index in [4.69, 9.17) is 10.5 Å². The Hall–Kier alpha value is -1.39. The van der Waals surface area contributed by atoms with Gasteiger partial charge in [-0.15, -0.1) is 0 Å². The molecule has 2 aromatic carbocycles. The van der Waals surface area contributed by atoms with Crippen LogP contribution in [-0.2, 0) is 18.0 Å². The Labute approximate surface area is 114 Å². The molecule has 0 fully saturated rings. The largest absolute Gasteiger partial charge is 0.398 e. The van der Waals surface area contributed by atoms with Gasteiger partial charge in [0.15, 0.2) is 0 Å². The molecule has 0 heterocycles. The molecule has 0 bridgehead atoms. The van der Waals surface area contributed by atoms with Crippen LogP contribution in [0.2, 0.25) is 0 Å². The van der Waals surface area contributed by atoms with Crippen molar-refractivity contribution in [2.45, 2.75) is 13.2 Å². The van der Waals surface area contributed by atoms with Crippen molar-refractivity contribution in [1.29, 1.82) is 0 Å². The van der Waals surface area contributed by atoms with E-state index in [0.29, 0.717) is 18.9 Å². The van der Waals surface area contributed by atoms with Gasteiger partial charge in [0, 0.05) is 15.7 Å². The fraction of sp³-hybridized carbons (Fsp3) is 0.143. The van der Waals surface area contributed by atoms with Gasteiger partial charge in [-0.2, -0.15) is 0 Å². The minimum Gasteiger partial charge on any atom is -0.398 e. The SMILES string of the molecule is Nc1cc(F)ccc1COCc1ccccc1Br. The second kappa shape index (κ2) is 5.98. The van der Waals surface area contributed by atoms with Gasteiger partial charge in [0.25, 0.3) is 0 Å². The number of halogens is 2. The summed E-state index contributed by atoms with van der Waals surface area (Å²) in [7, 11) is 0. The minimum absolute atomic E-state index is 0.331. The van der Waals surface area contributed by atoms with Crippen LogP contribution >= 0.6 is 15.9 Å². The average molecular weight is 310 g/mol. The molecule has 0 spiro atoms. The lowest BCUT2D eigenvalue weighted by molar-refractivity contribution is 0.107. The van der Waals surface area contributed by atoms with Crippen molar-refractivity contribution < 1.29 is 9.13 Å². The van der Waals surface area contributed by atoms with Crippen LogP contribution < -0.4 is 5.73 Å². The predicted molar refractivity (Wildman–Crippen MR) is 73.4 cm³/mol. The van der Waals surface area contributed by atoms with Crippen LogP contribution in [0.5, 0.6) is 0 Å². The Morgan fingerprint density at radius 3 is 2.50 bits per heavy atom. The molecule has 0 unspecified atom stereocenters. The van der Waals surface area contributed by atoms with Gasteiger partial charge in [0.2, 0.25) is 0 Å². The summed E-state index contributed by atoms with van der Waals surface area (Å²) >= 11 is 3.45. The van der Waals surface area contributed by atoms with E-state index in [9.17, 15) is 4.39 Å². The molecule has 0 saturated heterocycles. The van der Waals surface area contributed by atoms with E-state index in [-0.39, 0.29) is 5.82 Å². The zero-order valence-corrected chi connectivity index (χ0v) is 11.3. The standard InChI is InChI=1S/C14H13BrFNO/c15-13-4-2-1-3-10(13)8-18-9-11-5-6-12(16)7-14(11)17/h1-7H,8-9,17H2. The molecule has 0 saturated carbocycles. The summed E-state index contributed by atoms with van der Waals surface area (Å²) in [5.74, 6) is -0.331. The third kappa shape index (κ3) is 3.31. The number of rotatable bonds is 4. The van der Waals surface area contributed by atoms with Crippen molar-refractivity contribution in [2.24, 2.45) is 0 Å². The average Bonchev–Trinajstić information content (AvgIpc) is 2.34. The monoisotopic (exact) mass is 309 g/mol. The first-order valence-corrected chi connectivity index (χ1v) is 6.31. The zero-order valence-electron chi connectivity index (χ0n) is 9.70. The predicted octanol–water partition coefficient (Wildman–Crippen LogP) is 3.89. The first-order valence-electron chi connectivity index (χ1n) is 5.52. The van der Waals surface area contributed by atoms with Crippen molar-refractivity contribution in [3.05, 3.63) is 63.9 Å². The van der Waals surface area contributed by atoms with Crippen molar-refractivity contribution >= 4 is 21.6 Å². The molecule has 2 N–H and O–H groups in total. The third-order valence-electron chi connectivity index (χ3n) is 2.58. The zero-order chi connectivity index (χ0) is 13.0. The van der Waals surface area contributed by atoms with Gasteiger partial charge in [-0.1, -0.05) is 40.2 Å². The number of anilines is 1. The lowest BCUT2D eigenvalue weighted by Crippen LogP contribution is -1.99. The summed E-state index contributed by atoms with van der Waals surface area (Å²) < 4.78 is 19.4. The Kier molecular flexibility index (Phi) is 4.33. The summed E-state index contributed by atoms with van der Waals surface area (Å²) in [6, 6.07) is 12.2. The van der Waals surface area contributed by atoms with E-state index >= 15 is 0 Å². The van der Waals surface area contributed by atoms with Crippen molar-refractivity contribution in [1.82, 2.24) is 0 Å². The Morgan fingerprint density at radius 2 is 1.78 bits per heavy atom. The van der Waals surface area contributed by atoms with Crippen LogP contribution in [0.1, 0.15) is 11.1 Å². The van der Waals surface area contributed by atoms with Crippen LogP contribution in [-0.4, -0.2) is 0 Å². The molecule has 2 aromatic rings. The van der Waals surface area contributed by atoms with E-state index in [2.05, 4.69) is 15.9 Å². The summed E-state index contributed by atoms with van der Waals surface area (Å²) in [5.41, 5.74) is 7.98. The Balaban J connectivity index is 1.95. The molecular weight excluding hydrogens is 297 g/mol. The quantitative estimate of drug-likeness (QED) is 0.870. The smallest absolute Gasteiger partial charge is 0.125 e. The van der Waals surface area contributed by atoms with Gasteiger partial charge >= 0.3 is 0 Å². The fourth-order valence-electron chi connectivity index (χ4n) is 1.58. The third-order valence-corrected chi connectivity index (χ3v) is 3.35. The van der Waals surface area contributed by atoms with Gasteiger partial charge in [0.05, 0.1) is 13.2 Å². The molecule has 0 radical (unpaired) electrons. The van der Waals surface area contributed by atoms with E-state index in [1.807, 2.05) is 24.3 Å². The van der Waals surface area contributed by atoms with Crippen molar-refractivity contribution in [3.63, 3.8) is 0 Å². The van der Waals surface area contributed by atoms with Crippen LogP contribution in [0.4, 0.5) is 10.1 Å².